The molecule has 2 aromatic rings. The molecule has 2 atom stereocenters. The summed E-state index contributed by atoms with van der Waals surface area (Å²) in [5.41, 5.74) is 0.884. The van der Waals surface area contributed by atoms with Gasteiger partial charge in [0.15, 0.2) is 0 Å². The lowest BCUT2D eigenvalue weighted by Gasteiger charge is -2.32. The highest BCUT2D eigenvalue weighted by Gasteiger charge is 2.33. The van der Waals surface area contributed by atoms with Crippen LogP contribution in [-0.4, -0.2) is 6.36 Å². The van der Waals surface area contributed by atoms with E-state index in [9.17, 15) is 17.6 Å². The zero-order valence-corrected chi connectivity index (χ0v) is 14.1. The van der Waals surface area contributed by atoms with Crippen LogP contribution in [0.15, 0.2) is 78.7 Å². The molecular weight excluding hydrogens is 344 g/mol. The number of benzene rings is 2. The van der Waals surface area contributed by atoms with Gasteiger partial charge in [-0.3, -0.25) is 0 Å². The molecule has 0 aliphatic heterocycles. The Labute approximate surface area is 149 Å². The molecular formula is C21H18F4O. The minimum atomic E-state index is -4.73. The molecule has 136 valence electrons. The second-order valence-corrected chi connectivity index (χ2v) is 6.24. The largest absolute Gasteiger partial charge is 0.573 e. The monoisotopic (exact) mass is 362 g/mol. The Kier molecular flexibility index (Phi) is 4.90. The van der Waals surface area contributed by atoms with Crippen LogP contribution in [0.5, 0.6) is 5.75 Å². The first-order chi connectivity index (χ1) is 12.3. The van der Waals surface area contributed by atoms with Crippen LogP contribution < -0.4 is 4.74 Å². The van der Waals surface area contributed by atoms with Crippen molar-refractivity contribution in [3.63, 3.8) is 0 Å². The van der Waals surface area contributed by atoms with E-state index < -0.39 is 17.7 Å². The van der Waals surface area contributed by atoms with Crippen LogP contribution in [0.3, 0.4) is 0 Å². The number of alkyl halides is 3. The molecule has 26 heavy (non-hydrogen) atoms. The van der Waals surface area contributed by atoms with Gasteiger partial charge in [-0.2, -0.15) is 0 Å². The summed E-state index contributed by atoms with van der Waals surface area (Å²) >= 11 is 0. The second kappa shape index (κ2) is 6.98. The Morgan fingerprint density at radius 2 is 1.65 bits per heavy atom. The average molecular weight is 362 g/mol. The molecule has 0 heterocycles. The average Bonchev–Trinajstić information content (AvgIpc) is 2.61. The summed E-state index contributed by atoms with van der Waals surface area (Å²) in [5, 5.41) is 0. The Hall–Kier alpha value is -2.56. The van der Waals surface area contributed by atoms with Gasteiger partial charge in [0, 0.05) is 5.41 Å². The van der Waals surface area contributed by atoms with Gasteiger partial charge < -0.3 is 4.74 Å². The third kappa shape index (κ3) is 3.82. The summed E-state index contributed by atoms with van der Waals surface area (Å²) in [6.45, 7) is 1.91. The Bertz CT molecular complexity index is 806. The first-order valence-corrected chi connectivity index (χ1v) is 8.32. The lowest BCUT2D eigenvalue weighted by molar-refractivity contribution is -0.274. The normalized spacial score (nSPS) is 22.8. The molecule has 2 aromatic carbocycles. The number of hydrogen-bond acceptors (Lipinski definition) is 1. The van der Waals surface area contributed by atoms with E-state index in [0.717, 1.165) is 5.56 Å². The molecule has 3 rings (SSSR count). The van der Waals surface area contributed by atoms with Crippen LogP contribution in [0.1, 0.15) is 30.4 Å². The van der Waals surface area contributed by atoms with Crippen LogP contribution in [0.2, 0.25) is 0 Å². The Morgan fingerprint density at radius 1 is 1.00 bits per heavy atom. The van der Waals surface area contributed by atoms with Crippen LogP contribution in [0.4, 0.5) is 17.6 Å². The van der Waals surface area contributed by atoms with Crippen molar-refractivity contribution in [3.8, 4) is 5.75 Å². The SMILES string of the molecule is CCC1(c2ccc(OC(F)(F)F)cc2)C=CC(c2ccccc2)C(F)=C1. The molecule has 1 aliphatic carbocycles. The highest BCUT2D eigenvalue weighted by Crippen LogP contribution is 2.42. The summed E-state index contributed by atoms with van der Waals surface area (Å²) in [5.74, 6) is -1.00. The molecule has 5 heteroatoms. The summed E-state index contributed by atoms with van der Waals surface area (Å²) in [4.78, 5) is 0. The van der Waals surface area contributed by atoms with Crippen molar-refractivity contribution in [3.05, 3.63) is 89.8 Å². The fraction of sp³-hybridized carbons (Fsp3) is 0.238. The smallest absolute Gasteiger partial charge is 0.406 e. The summed E-state index contributed by atoms with van der Waals surface area (Å²) in [6.07, 6.45) is 1.15. The van der Waals surface area contributed by atoms with Crippen molar-refractivity contribution < 1.29 is 22.3 Å². The van der Waals surface area contributed by atoms with Crippen molar-refractivity contribution in [1.29, 1.82) is 0 Å². The zero-order chi connectivity index (χ0) is 18.8. The van der Waals surface area contributed by atoms with E-state index in [1.807, 2.05) is 49.4 Å². The van der Waals surface area contributed by atoms with Crippen LogP contribution in [-0.2, 0) is 5.41 Å². The first kappa shape index (κ1) is 18.2. The number of ether oxygens (including phenoxy) is 1. The summed E-state index contributed by atoms with van der Waals surface area (Å²) < 4.78 is 55.6. The third-order valence-electron chi connectivity index (χ3n) is 4.65. The Balaban J connectivity index is 1.89. The number of hydrogen-bond donors (Lipinski definition) is 0. The molecule has 1 nitrogen and oxygen atoms in total. The lowest BCUT2D eigenvalue weighted by Crippen LogP contribution is -2.24. The quantitative estimate of drug-likeness (QED) is 0.449. The van der Waals surface area contributed by atoms with Crippen LogP contribution in [0, 0.1) is 0 Å². The number of allylic oxidation sites excluding steroid dienone is 4. The zero-order valence-electron chi connectivity index (χ0n) is 14.1. The standard InChI is InChI=1S/C21H18F4O/c1-2-20(16-8-10-17(11-9-16)26-21(23,24)25)13-12-18(19(22)14-20)15-6-4-3-5-7-15/h3-14,18H,2H2,1H3. The molecule has 0 spiro atoms. The van der Waals surface area contributed by atoms with E-state index in [0.29, 0.717) is 12.0 Å². The lowest BCUT2D eigenvalue weighted by atomic mass is 9.73. The van der Waals surface area contributed by atoms with Gasteiger partial charge in [0.25, 0.3) is 0 Å². The molecule has 0 saturated heterocycles. The van der Waals surface area contributed by atoms with Crippen molar-refractivity contribution in [2.75, 3.05) is 0 Å². The van der Waals surface area contributed by atoms with Crippen molar-refractivity contribution in [1.82, 2.24) is 0 Å². The highest BCUT2D eigenvalue weighted by molar-refractivity contribution is 5.46. The first-order valence-electron chi connectivity index (χ1n) is 8.32. The van der Waals surface area contributed by atoms with Crippen molar-refractivity contribution in [2.45, 2.75) is 31.0 Å². The van der Waals surface area contributed by atoms with Gasteiger partial charge in [0.2, 0.25) is 0 Å². The van der Waals surface area contributed by atoms with Gasteiger partial charge in [0.05, 0.1) is 5.92 Å². The van der Waals surface area contributed by atoms with E-state index in [-0.39, 0.29) is 11.6 Å². The van der Waals surface area contributed by atoms with Crippen LogP contribution >= 0.6 is 0 Å². The van der Waals surface area contributed by atoms with Crippen molar-refractivity contribution in [2.24, 2.45) is 0 Å². The minimum absolute atomic E-state index is 0.267. The van der Waals surface area contributed by atoms with Crippen molar-refractivity contribution >= 4 is 0 Å². The van der Waals surface area contributed by atoms with E-state index in [2.05, 4.69) is 4.74 Å². The molecule has 0 bridgehead atoms. The van der Waals surface area contributed by atoms with Gasteiger partial charge in [-0.15, -0.1) is 13.2 Å². The number of rotatable bonds is 4. The summed E-state index contributed by atoms with van der Waals surface area (Å²) in [6, 6.07) is 14.9. The number of halogens is 4. The molecule has 0 N–H and O–H groups in total. The van der Waals surface area contributed by atoms with Gasteiger partial charge in [0.1, 0.15) is 11.6 Å². The molecule has 0 aromatic heterocycles. The molecule has 2 unspecified atom stereocenters. The third-order valence-corrected chi connectivity index (χ3v) is 4.65. The molecule has 0 radical (unpaired) electrons. The maximum Gasteiger partial charge on any atom is 0.573 e. The van der Waals surface area contributed by atoms with Crippen LogP contribution in [0.25, 0.3) is 0 Å². The fourth-order valence-corrected chi connectivity index (χ4v) is 3.25. The Morgan fingerprint density at radius 3 is 2.19 bits per heavy atom. The van der Waals surface area contributed by atoms with Gasteiger partial charge in [-0.25, -0.2) is 4.39 Å². The molecule has 1 aliphatic rings. The molecule has 0 saturated carbocycles. The maximum atomic E-state index is 14.8. The summed E-state index contributed by atoms with van der Waals surface area (Å²) in [7, 11) is 0. The predicted molar refractivity (Wildman–Crippen MR) is 92.6 cm³/mol. The second-order valence-electron chi connectivity index (χ2n) is 6.24. The van der Waals surface area contributed by atoms with Gasteiger partial charge in [-0.1, -0.05) is 61.5 Å². The molecule has 0 fully saturated rings. The van der Waals surface area contributed by atoms with Gasteiger partial charge >= 0.3 is 6.36 Å². The topological polar surface area (TPSA) is 9.23 Å². The van der Waals surface area contributed by atoms with Gasteiger partial charge in [-0.05, 0) is 35.8 Å². The highest BCUT2D eigenvalue weighted by atomic mass is 19.4. The van der Waals surface area contributed by atoms with E-state index in [4.69, 9.17) is 0 Å². The maximum absolute atomic E-state index is 14.8. The van der Waals surface area contributed by atoms with E-state index in [1.54, 1.807) is 18.2 Å². The van der Waals surface area contributed by atoms with E-state index >= 15 is 0 Å². The minimum Gasteiger partial charge on any atom is -0.406 e. The fourth-order valence-electron chi connectivity index (χ4n) is 3.25. The van der Waals surface area contributed by atoms with E-state index in [1.165, 1.54) is 12.1 Å². The predicted octanol–water partition coefficient (Wildman–Crippen LogP) is 6.44. The molecule has 0 amide bonds.